The molecule has 13 N–H and O–H groups in total. The highest BCUT2D eigenvalue weighted by atomic mass is 16.4. The van der Waals surface area contributed by atoms with Gasteiger partial charge in [0, 0.05) is 13.0 Å². The fraction of sp³-hybridized carbons (Fsp3) is 0.647. The molecule has 4 atom stereocenters. The second kappa shape index (κ2) is 14.5. The Bertz CT molecular complexity index is 709. The van der Waals surface area contributed by atoms with E-state index >= 15 is 0 Å². The molecule has 0 aliphatic heterocycles. The van der Waals surface area contributed by atoms with E-state index in [1.807, 2.05) is 0 Å². The normalized spacial score (nSPS) is 14.2. The lowest BCUT2D eigenvalue weighted by molar-refractivity contribution is -0.145. The van der Waals surface area contributed by atoms with Crippen LogP contribution >= 0.6 is 0 Å². The van der Waals surface area contributed by atoms with E-state index in [9.17, 15) is 29.1 Å². The predicted molar refractivity (Wildman–Crippen MR) is 113 cm³/mol. The van der Waals surface area contributed by atoms with Gasteiger partial charge in [0.1, 0.15) is 6.04 Å². The van der Waals surface area contributed by atoms with Gasteiger partial charge in [-0.2, -0.15) is 0 Å². The fourth-order valence-electron chi connectivity index (χ4n) is 2.39. The number of carboxylic acid groups (broad SMARTS) is 1. The van der Waals surface area contributed by atoms with E-state index in [-0.39, 0.29) is 31.8 Å². The first-order valence-corrected chi connectivity index (χ1v) is 9.72. The zero-order chi connectivity index (χ0) is 24.8. The minimum Gasteiger partial charge on any atom is -0.480 e. The largest absolute Gasteiger partial charge is 0.480 e. The number of hydrogen-bond donors (Lipinski definition) is 9. The number of aliphatic hydroxyl groups is 1. The van der Waals surface area contributed by atoms with Crippen LogP contribution in [-0.4, -0.2) is 83.1 Å². The van der Waals surface area contributed by atoms with Crippen LogP contribution in [0.3, 0.4) is 0 Å². The van der Waals surface area contributed by atoms with Crippen LogP contribution in [0.2, 0.25) is 0 Å². The van der Waals surface area contributed by atoms with Crippen LogP contribution < -0.4 is 38.9 Å². The molecule has 0 aromatic carbocycles. The topological polar surface area (TPSA) is 278 Å². The standard InChI is InChI=1S/C17H32N8O7/c1-8(26)13(16(31)32)25-15(30)10(4-5-11(19)27)24-12(28)7-23-14(29)9(18)3-2-6-22-17(20)21/h8-10,13,26H,2-7,18H2,1H3,(H2,19,27)(H,23,29)(H,24,28)(H,25,30)(H,31,32)(H4,20,21,22). The molecule has 4 amide bonds. The summed E-state index contributed by atoms with van der Waals surface area (Å²) in [6.45, 7) is 0.913. The summed E-state index contributed by atoms with van der Waals surface area (Å²) in [4.78, 5) is 62.4. The molecule has 0 aliphatic carbocycles. The molecule has 0 saturated heterocycles. The molecule has 182 valence electrons. The van der Waals surface area contributed by atoms with Crippen molar-refractivity contribution in [2.24, 2.45) is 27.9 Å². The number of aliphatic carboxylic acids is 1. The molecule has 0 rings (SSSR count). The van der Waals surface area contributed by atoms with E-state index in [1.54, 1.807) is 0 Å². The molecular formula is C17H32N8O7. The first kappa shape index (κ1) is 28.5. The number of nitrogens with zero attached hydrogens (tertiary/aromatic N) is 1. The van der Waals surface area contributed by atoms with Gasteiger partial charge in [0.2, 0.25) is 23.6 Å². The molecule has 0 heterocycles. The molecule has 15 heteroatoms. The molecule has 0 bridgehead atoms. The number of aliphatic imine (C=N–C) groups is 1. The second-order valence-electron chi connectivity index (χ2n) is 6.96. The van der Waals surface area contributed by atoms with E-state index in [4.69, 9.17) is 28.0 Å². The van der Waals surface area contributed by atoms with Gasteiger partial charge < -0.3 is 49.1 Å². The summed E-state index contributed by atoms with van der Waals surface area (Å²) in [5.74, 6) is -4.69. The molecular weight excluding hydrogens is 428 g/mol. The maximum atomic E-state index is 12.4. The summed E-state index contributed by atoms with van der Waals surface area (Å²) in [6, 6.07) is -3.89. The molecule has 0 fully saturated rings. The highest BCUT2D eigenvalue weighted by molar-refractivity contribution is 5.93. The number of carbonyl (C=O) groups is 5. The third kappa shape index (κ3) is 12.3. The van der Waals surface area contributed by atoms with E-state index < -0.39 is 60.4 Å². The molecule has 0 aromatic rings. The molecule has 32 heavy (non-hydrogen) atoms. The Hall–Kier alpha value is -3.46. The van der Waals surface area contributed by atoms with Crippen LogP contribution in [-0.2, 0) is 24.0 Å². The van der Waals surface area contributed by atoms with Gasteiger partial charge in [0.05, 0.1) is 18.7 Å². The van der Waals surface area contributed by atoms with Gasteiger partial charge in [-0.15, -0.1) is 0 Å². The van der Waals surface area contributed by atoms with Crippen molar-refractivity contribution in [3.63, 3.8) is 0 Å². The van der Waals surface area contributed by atoms with Crippen LogP contribution in [0, 0.1) is 0 Å². The third-order valence-corrected chi connectivity index (χ3v) is 4.10. The smallest absolute Gasteiger partial charge is 0.328 e. The lowest BCUT2D eigenvalue weighted by atomic mass is 10.1. The van der Waals surface area contributed by atoms with Crippen LogP contribution in [0.5, 0.6) is 0 Å². The van der Waals surface area contributed by atoms with E-state index in [1.165, 1.54) is 0 Å². The Morgan fingerprint density at radius 2 is 1.62 bits per heavy atom. The Morgan fingerprint density at radius 1 is 1.00 bits per heavy atom. The van der Waals surface area contributed by atoms with E-state index in [0.717, 1.165) is 6.92 Å². The van der Waals surface area contributed by atoms with Crippen LogP contribution in [0.1, 0.15) is 32.6 Å². The van der Waals surface area contributed by atoms with Gasteiger partial charge in [0.15, 0.2) is 12.0 Å². The lowest BCUT2D eigenvalue weighted by Gasteiger charge is -2.22. The minimum atomic E-state index is -1.63. The summed E-state index contributed by atoms with van der Waals surface area (Å²) in [7, 11) is 0. The van der Waals surface area contributed by atoms with Crippen molar-refractivity contribution in [1.29, 1.82) is 0 Å². The van der Waals surface area contributed by atoms with Crippen LogP contribution in [0.4, 0.5) is 0 Å². The molecule has 0 aromatic heterocycles. The van der Waals surface area contributed by atoms with Crippen molar-refractivity contribution < 1.29 is 34.2 Å². The summed E-state index contributed by atoms with van der Waals surface area (Å²) >= 11 is 0. The molecule has 4 unspecified atom stereocenters. The Morgan fingerprint density at radius 3 is 2.12 bits per heavy atom. The Balaban J connectivity index is 4.81. The number of hydrogen-bond acceptors (Lipinski definition) is 8. The highest BCUT2D eigenvalue weighted by Gasteiger charge is 2.29. The minimum absolute atomic E-state index is 0.0854. The van der Waals surface area contributed by atoms with Gasteiger partial charge in [-0.1, -0.05) is 0 Å². The SMILES string of the molecule is CC(O)C(NC(=O)C(CCC(N)=O)NC(=O)CNC(=O)C(N)CCCN=C(N)N)C(=O)O. The fourth-order valence-corrected chi connectivity index (χ4v) is 2.39. The predicted octanol–water partition coefficient (Wildman–Crippen LogP) is -4.82. The Kier molecular flexibility index (Phi) is 13.0. The summed E-state index contributed by atoms with van der Waals surface area (Å²) < 4.78 is 0. The van der Waals surface area contributed by atoms with Gasteiger partial charge in [-0.3, -0.25) is 24.2 Å². The van der Waals surface area contributed by atoms with Gasteiger partial charge in [-0.05, 0) is 26.2 Å². The van der Waals surface area contributed by atoms with Crippen molar-refractivity contribution in [2.45, 2.75) is 56.8 Å². The van der Waals surface area contributed by atoms with Gasteiger partial charge in [0.25, 0.3) is 0 Å². The second-order valence-corrected chi connectivity index (χ2v) is 6.96. The quantitative estimate of drug-likeness (QED) is 0.0638. The average Bonchev–Trinajstić information content (AvgIpc) is 2.69. The van der Waals surface area contributed by atoms with Crippen molar-refractivity contribution in [2.75, 3.05) is 13.1 Å². The number of amides is 4. The highest BCUT2D eigenvalue weighted by Crippen LogP contribution is 2.01. The Labute approximate surface area is 184 Å². The molecule has 0 spiro atoms. The van der Waals surface area contributed by atoms with E-state index in [0.29, 0.717) is 6.42 Å². The van der Waals surface area contributed by atoms with Gasteiger partial charge in [-0.25, -0.2) is 4.79 Å². The average molecular weight is 460 g/mol. The number of carbonyl (C=O) groups excluding carboxylic acids is 4. The van der Waals surface area contributed by atoms with Crippen molar-refractivity contribution in [1.82, 2.24) is 16.0 Å². The number of nitrogens with one attached hydrogen (secondary N) is 3. The third-order valence-electron chi connectivity index (χ3n) is 4.10. The first-order valence-electron chi connectivity index (χ1n) is 9.72. The molecule has 0 aliphatic rings. The number of guanidine groups is 1. The zero-order valence-corrected chi connectivity index (χ0v) is 17.7. The number of carboxylic acids is 1. The number of rotatable bonds is 15. The summed E-state index contributed by atoms with van der Waals surface area (Å²) in [5, 5.41) is 25.2. The number of aliphatic hydroxyl groups excluding tert-OH is 1. The molecule has 0 saturated carbocycles. The monoisotopic (exact) mass is 460 g/mol. The molecule has 15 nitrogen and oxygen atoms in total. The zero-order valence-electron chi connectivity index (χ0n) is 17.7. The maximum absolute atomic E-state index is 12.4. The van der Waals surface area contributed by atoms with Crippen LogP contribution in [0.25, 0.3) is 0 Å². The summed E-state index contributed by atoms with van der Waals surface area (Å²) in [5.41, 5.74) is 21.1. The molecule has 0 radical (unpaired) electrons. The van der Waals surface area contributed by atoms with Crippen molar-refractivity contribution in [3.05, 3.63) is 0 Å². The number of primary amides is 1. The van der Waals surface area contributed by atoms with E-state index in [2.05, 4.69) is 20.9 Å². The lowest BCUT2D eigenvalue weighted by Crippen LogP contribution is -2.56. The first-order chi connectivity index (χ1) is 14.8. The maximum Gasteiger partial charge on any atom is 0.328 e. The van der Waals surface area contributed by atoms with Crippen molar-refractivity contribution >= 4 is 35.6 Å². The van der Waals surface area contributed by atoms with Gasteiger partial charge >= 0.3 is 5.97 Å². The number of nitrogens with two attached hydrogens (primary N) is 4. The van der Waals surface area contributed by atoms with Crippen molar-refractivity contribution in [3.8, 4) is 0 Å². The van der Waals surface area contributed by atoms with Crippen LogP contribution in [0.15, 0.2) is 4.99 Å². The summed E-state index contributed by atoms with van der Waals surface area (Å²) in [6.07, 6.45) is -1.24.